The highest BCUT2D eigenvalue weighted by molar-refractivity contribution is 5.90. The zero-order valence-electron chi connectivity index (χ0n) is 15.2. The van der Waals surface area contributed by atoms with E-state index in [1.165, 1.54) is 6.07 Å². The first-order chi connectivity index (χ1) is 13.0. The van der Waals surface area contributed by atoms with Gasteiger partial charge >= 0.3 is 0 Å². The van der Waals surface area contributed by atoms with Crippen molar-refractivity contribution in [3.63, 3.8) is 0 Å². The predicted octanol–water partition coefficient (Wildman–Crippen LogP) is 4.07. The van der Waals surface area contributed by atoms with Crippen molar-refractivity contribution < 1.29 is 13.6 Å². The first-order valence-electron chi connectivity index (χ1n) is 9.25. The smallest absolute Gasteiger partial charge is 0.243 e. The van der Waals surface area contributed by atoms with Gasteiger partial charge in [-0.25, -0.2) is 8.78 Å². The third-order valence-corrected chi connectivity index (χ3v) is 5.55. The minimum absolute atomic E-state index is 0.00286. The zero-order chi connectivity index (χ0) is 19.0. The molecule has 140 valence electrons. The van der Waals surface area contributed by atoms with E-state index in [0.717, 1.165) is 37.1 Å². The fraction of sp³-hybridized carbons (Fsp3) is 0.318. The Kier molecular flexibility index (Phi) is 4.56. The summed E-state index contributed by atoms with van der Waals surface area (Å²) in [6, 6.07) is 12.8. The van der Waals surface area contributed by atoms with Gasteiger partial charge in [-0.15, -0.1) is 0 Å². The molecule has 4 rings (SSSR count). The Morgan fingerprint density at radius 3 is 2.67 bits per heavy atom. The largest absolute Gasteiger partial charge is 0.326 e. The van der Waals surface area contributed by atoms with Gasteiger partial charge in [0.1, 0.15) is 11.6 Å². The molecule has 27 heavy (non-hydrogen) atoms. The lowest BCUT2D eigenvalue weighted by Gasteiger charge is -2.33. The minimum Gasteiger partial charge on any atom is -0.326 e. The summed E-state index contributed by atoms with van der Waals surface area (Å²) in [6.07, 6.45) is 3.60. The molecular weight excluding hydrogens is 346 g/mol. The molecule has 0 saturated carbocycles. The molecule has 2 heterocycles. The summed E-state index contributed by atoms with van der Waals surface area (Å²) in [6.45, 7) is 2.99. The minimum atomic E-state index is -0.614. The second kappa shape index (κ2) is 6.89. The van der Waals surface area contributed by atoms with Gasteiger partial charge < -0.3 is 10.2 Å². The predicted molar refractivity (Wildman–Crippen MR) is 101 cm³/mol. The molecular formula is C22H22F2N2O. The number of halogens is 2. The van der Waals surface area contributed by atoms with E-state index in [-0.39, 0.29) is 24.1 Å². The summed E-state index contributed by atoms with van der Waals surface area (Å²) in [5.41, 5.74) is 1.20. The highest BCUT2D eigenvalue weighted by Gasteiger charge is 2.43. The third kappa shape index (κ3) is 3.28. The van der Waals surface area contributed by atoms with Crippen LogP contribution < -0.4 is 5.32 Å². The number of hydrogen-bond donors (Lipinski definition) is 1. The molecule has 0 aliphatic carbocycles. The van der Waals surface area contributed by atoms with E-state index in [9.17, 15) is 13.6 Å². The number of hydrogen-bond acceptors (Lipinski definition) is 2. The highest BCUT2D eigenvalue weighted by Crippen LogP contribution is 2.38. The summed E-state index contributed by atoms with van der Waals surface area (Å²) in [4.78, 5) is 15.1. The van der Waals surface area contributed by atoms with Gasteiger partial charge in [0.05, 0.1) is 11.6 Å². The topological polar surface area (TPSA) is 32.3 Å². The van der Waals surface area contributed by atoms with Crippen LogP contribution in [0.15, 0.2) is 54.6 Å². The maximum Gasteiger partial charge on any atom is 0.243 e. The fourth-order valence-electron chi connectivity index (χ4n) is 4.05. The van der Waals surface area contributed by atoms with Crippen LogP contribution >= 0.6 is 0 Å². The van der Waals surface area contributed by atoms with Crippen LogP contribution in [0.4, 0.5) is 8.78 Å². The quantitative estimate of drug-likeness (QED) is 0.886. The van der Waals surface area contributed by atoms with Gasteiger partial charge in [0.15, 0.2) is 0 Å². The van der Waals surface area contributed by atoms with Gasteiger partial charge in [0.2, 0.25) is 5.91 Å². The van der Waals surface area contributed by atoms with Crippen molar-refractivity contribution in [2.75, 3.05) is 13.1 Å². The second-order valence-corrected chi connectivity index (χ2v) is 7.47. The first kappa shape index (κ1) is 17.9. The molecule has 1 fully saturated rings. The van der Waals surface area contributed by atoms with Crippen LogP contribution in [0.3, 0.4) is 0 Å². The Bertz CT molecular complexity index is 888. The average molecular weight is 368 g/mol. The number of amides is 1. The standard InChI is InChI=1S/C22H22F2N2O/c1-22(10-5-11-25-22)21(27)26-14-16(18-13-17(23)8-9-19(18)24)12-20(26)15-6-3-2-4-7-15/h2-4,6-9,12-13,20,25H,5,10-11,14H2,1H3. The van der Waals surface area contributed by atoms with E-state index in [2.05, 4.69) is 5.32 Å². The summed E-state index contributed by atoms with van der Waals surface area (Å²) in [5.74, 6) is -0.969. The van der Waals surface area contributed by atoms with Crippen molar-refractivity contribution in [2.45, 2.75) is 31.3 Å². The van der Waals surface area contributed by atoms with Gasteiger partial charge in [0, 0.05) is 12.1 Å². The maximum atomic E-state index is 14.3. The molecule has 1 N–H and O–H groups in total. The molecule has 1 saturated heterocycles. The Balaban J connectivity index is 1.73. The van der Waals surface area contributed by atoms with E-state index in [1.807, 2.05) is 43.3 Å². The molecule has 2 atom stereocenters. The van der Waals surface area contributed by atoms with E-state index in [4.69, 9.17) is 0 Å². The Morgan fingerprint density at radius 1 is 1.19 bits per heavy atom. The third-order valence-electron chi connectivity index (χ3n) is 5.55. The number of rotatable bonds is 3. The Hall–Kier alpha value is -2.53. The van der Waals surface area contributed by atoms with E-state index in [1.54, 1.807) is 4.90 Å². The lowest BCUT2D eigenvalue weighted by molar-refractivity contribution is -0.137. The van der Waals surface area contributed by atoms with Crippen molar-refractivity contribution in [2.24, 2.45) is 0 Å². The molecule has 5 heteroatoms. The van der Waals surface area contributed by atoms with Crippen molar-refractivity contribution in [3.8, 4) is 0 Å². The van der Waals surface area contributed by atoms with Gasteiger partial charge in [-0.05, 0) is 55.6 Å². The van der Waals surface area contributed by atoms with Crippen LogP contribution in [0.25, 0.3) is 5.57 Å². The van der Waals surface area contributed by atoms with E-state index >= 15 is 0 Å². The molecule has 0 aromatic heterocycles. The number of carbonyl (C=O) groups excluding carboxylic acids is 1. The van der Waals surface area contributed by atoms with Gasteiger partial charge in [-0.2, -0.15) is 0 Å². The molecule has 2 unspecified atom stereocenters. The van der Waals surface area contributed by atoms with Crippen molar-refractivity contribution in [1.29, 1.82) is 0 Å². The molecule has 2 aromatic rings. The Morgan fingerprint density at radius 2 is 1.96 bits per heavy atom. The highest BCUT2D eigenvalue weighted by atomic mass is 19.1. The van der Waals surface area contributed by atoms with E-state index < -0.39 is 17.2 Å². The van der Waals surface area contributed by atoms with Crippen LogP contribution in [-0.2, 0) is 4.79 Å². The lowest BCUT2D eigenvalue weighted by atomic mass is 9.97. The summed E-state index contributed by atoms with van der Waals surface area (Å²) in [5, 5.41) is 3.31. The molecule has 3 nitrogen and oxygen atoms in total. The van der Waals surface area contributed by atoms with Crippen LogP contribution in [0.1, 0.15) is 36.9 Å². The molecule has 0 bridgehead atoms. The second-order valence-electron chi connectivity index (χ2n) is 7.47. The Labute approximate surface area is 157 Å². The van der Waals surface area contributed by atoms with Crippen molar-refractivity contribution >= 4 is 11.5 Å². The summed E-state index contributed by atoms with van der Waals surface area (Å²) in [7, 11) is 0. The first-order valence-corrected chi connectivity index (χ1v) is 9.25. The van der Waals surface area contributed by atoms with Crippen molar-refractivity contribution in [3.05, 3.63) is 77.4 Å². The molecule has 2 aromatic carbocycles. The summed E-state index contributed by atoms with van der Waals surface area (Å²) >= 11 is 0. The molecule has 0 radical (unpaired) electrons. The van der Waals surface area contributed by atoms with Crippen LogP contribution in [-0.4, -0.2) is 29.4 Å². The molecule has 2 aliphatic heterocycles. The van der Waals surface area contributed by atoms with Crippen LogP contribution in [0, 0.1) is 11.6 Å². The van der Waals surface area contributed by atoms with Gasteiger partial charge in [0.25, 0.3) is 0 Å². The van der Waals surface area contributed by atoms with E-state index in [0.29, 0.717) is 5.57 Å². The van der Waals surface area contributed by atoms with Crippen LogP contribution in [0.2, 0.25) is 0 Å². The number of nitrogens with one attached hydrogen (secondary N) is 1. The fourth-order valence-corrected chi connectivity index (χ4v) is 4.05. The number of carbonyl (C=O) groups is 1. The molecule has 0 spiro atoms. The summed E-state index contributed by atoms with van der Waals surface area (Å²) < 4.78 is 28.0. The maximum absolute atomic E-state index is 14.3. The molecule has 1 amide bonds. The van der Waals surface area contributed by atoms with Gasteiger partial charge in [-0.3, -0.25) is 4.79 Å². The number of nitrogens with zero attached hydrogens (tertiary/aromatic N) is 1. The monoisotopic (exact) mass is 368 g/mol. The SMILES string of the molecule is CC1(C(=O)N2CC(c3cc(F)ccc3F)=CC2c2ccccc2)CCCN1. The van der Waals surface area contributed by atoms with Crippen LogP contribution in [0.5, 0.6) is 0 Å². The average Bonchev–Trinajstić information content (AvgIpc) is 3.31. The van der Waals surface area contributed by atoms with Gasteiger partial charge in [-0.1, -0.05) is 36.4 Å². The number of benzene rings is 2. The normalized spacial score (nSPS) is 24.9. The van der Waals surface area contributed by atoms with Crippen molar-refractivity contribution in [1.82, 2.24) is 10.2 Å². The zero-order valence-corrected chi connectivity index (χ0v) is 15.2. The molecule has 2 aliphatic rings. The lowest BCUT2D eigenvalue weighted by Crippen LogP contribution is -2.52.